The molecule has 0 saturated carbocycles. The predicted octanol–water partition coefficient (Wildman–Crippen LogP) is 2.36. The summed E-state index contributed by atoms with van der Waals surface area (Å²) in [5, 5.41) is 14.7. The molecule has 1 saturated heterocycles. The molecule has 0 spiro atoms. The molecule has 1 fully saturated rings. The highest BCUT2D eigenvalue weighted by molar-refractivity contribution is 5.81. The number of benzene rings is 1. The van der Waals surface area contributed by atoms with Gasteiger partial charge in [0, 0.05) is 30.8 Å². The molecule has 1 aromatic heterocycles. The first kappa shape index (κ1) is 18.4. The average Bonchev–Trinajstić information content (AvgIpc) is 2.69. The molecule has 142 valence electrons. The van der Waals surface area contributed by atoms with Crippen LogP contribution in [0.4, 0.5) is 22.0 Å². The van der Waals surface area contributed by atoms with E-state index in [4.69, 9.17) is 4.74 Å². The molecule has 1 aromatic carbocycles. The maximum absolute atomic E-state index is 13.8. The van der Waals surface area contributed by atoms with Crippen LogP contribution in [0.1, 0.15) is 24.8 Å². The quantitative estimate of drug-likeness (QED) is 0.464. The molecule has 3 rings (SSSR count). The number of hydrogen-bond acceptors (Lipinski definition) is 9. The van der Waals surface area contributed by atoms with Gasteiger partial charge in [-0.3, -0.25) is 10.1 Å². The van der Waals surface area contributed by atoms with Crippen LogP contribution in [-0.2, 0) is 0 Å². The smallest absolute Gasteiger partial charge is 0.322 e. The second-order valence-corrected chi connectivity index (χ2v) is 5.83. The van der Waals surface area contributed by atoms with Crippen LogP contribution < -0.4 is 15.1 Å². The third-order valence-corrected chi connectivity index (χ3v) is 3.98. The lowest BCUT2D eigenvalue weighted by molar-refractivity contribution is -0.384. The van der Waals surface area contributed by atoms with Crippen LogP contribution in [0, 0.1) is 15.9 Å². The van der Waals surface area contributed by atoms with Crippen LogP contribution in [0.3, 0.4) is 0 Å². The zero-order valence-corrected chi connectivity index (χ0v) is 14.6. The van der Waals surface area contributed by atoms with E-state index in [9.17, 15) is 14.5 Å². The van der Waals surface area contributed by atoms with Gasteiger partial charge in [0.1, 0.15) is 5.82 Å². The van der Waals surface area contributed by atoms with E-state index in [-0.39, 0.29) is 23.2 Å². The number of halogens is 1. The summed E-state index contributed by atoms with van der Waals surface area (Å²) >= 11 is 0. The maximum Gasteiger partial charge on any atom is 0.322 e. The van der Waals surface area contributed by atoms with E-state index in [1.807, 2.05) is 4.90 Å². The van der Waals surface area contributed by atoms with Crippen LogP contribution >= 0.6 is 0 Å². The molecule has 27 heavy (non-hydrogen) atoms. The van der Waals surface area contributed by atoms with Crippen molar-refractivity contribution in [3.63, 3.8) is 0 Å². The number of nitrogens with one attached hydrogen (secondary N) is 1. The number of methoxy groups -OCH3 is 1. The third-order valence-electron chi connectivity index (χ3n) is 3.98. The van der Waals surface area contributed by atoms with Gasteiger partial charge in [0.05, 0.1) is 18.2 Å². The zero-order chi connectivity index (χ0) is 19.2. The van der Waals surface area contributed by atoms with Crippen molar-refractivity contribution in [2.75, 3.05) is 30.5 Å². The normalized spacial score (nSPS) is 14.4. The van der Waals surface area contributed by atoms with Crippen molar-refractivity contribution in [2.45, 2.75) is 19.3 Å². The van der Waals surface area contributed by atoms with Gasteiger partial charge in [-0.05, 0) is 25.3 Å². The van der Waals surface area contributed by atoms with Crippen molar-refractivity contribution >= 4 is 23.8 Å². The van der Waals surface area contributed by atoms with Crippen molar-refractivity contribution in [1.82, 2.24) is 15.0 Å². The summed E-state index contributed by atoms with van der Waals surface area (Å²) in [5.74, 6) is -0.0290. The summed E-state index contributed by atoms with van der Waals surface area (Å²) < 4.78 is 18.9. The molecule has 0 radical (unpaired) electrons. The number of hydrazone groups is 1. The van der Waals surface area contributed by atoms with E-state index >= 15 is 0 Å². The second kappa shape index (κ2) is 8.34. The fourth-order valence-electron chi connectivity index (χ4n) is 2.63. The highest BCUT2D eigenvalue weighted by atomic mass is 19.1. The Morgan fingerprint density at radius 2 is 2.07 bits per heavy atom. The number of ether oxygens (including phenoxy) is 1. The van der Waals surface area contributed by atoms with Crippen molar-refractivity contribution in [1.29, 1.82) is 0 Å². The Bertz CT molecular complexity index is 856. The SMILES string of the molecule is COc1nc(N/N=C\c2cc([N+](=O)[O-])ccc2F)nc(N2CCCCC2)n1. The Labute approximate surface area is 154 Å². The van der Waals surface area contributed by atoms with E-state index < -0.39 is 10.7 Å². The van der Waals surface area contributed by atoms with Crippen molar-refractivity contribution < 1.29 is 14.1 Å². The molecule has 10 nitrogen and oxygen atoms in total. The van der Waals surface area contributed by atoms with Crippen LogP contribution in [0.15, 0.2) is 23.3 Å². The lowest BCUT2D eigenvalue weighted by Gasteiger charge is -2.26. The van der Waals surface area contributed by atoms with Gasteiger partial charge < -0.3 is 9.64 Å². The summed E-state index contributed by atoms with van der Waals surface area (Å²) in [5.41, 5.74) is 2.32. The molecular weight excluding hydrogens is 357 g/mol. The van der Waals surface area contributed by atoms with Crippen molar-refractivity contribution in [2.24, 2.45) is 5.10 Å². The van der Waals surface area contributed by atoms with E-state index in [0.29, 0.717) is 5.95 Å². The van der Waals surface area contributed by atoms with Gasteiger partial charge in [-0.2, -0.15) is 20.1 Å². The van der Waals surface area contributed by atoms with Crippen molar-refractivity contribution in [3.05, 3.63) is 39.7 Å². The third kappa shape index (κ3) is 4.63. The standard InChI is InChI=1S/C16H18FN7O3/c1-27-16-20-14(19-15(21-16)23-7-3-2-4-8-23)22-18-10-11-9-12(24(25)26)5-6-13(11)17/h5-6,9-10H,2-4,7-8H2,1H3,(H,19,20,21,22)/b18-10-. The topological polar surface area (TPSA) is 119 Å². The van der Waals surface area contributed by atoms with Crippen LogP contribution in [0.5, 0.6) is 6.01 Å². The molecule has 2 aromatic rings. The van der Waals surface area contributed by atoms with Gasteiger partial charge in [-0.15, -0.1) is 0 Å². The Kier molecular flexibility index (Phi) is 5.69. The highest BCUT2D eigenvalue weighted by Crippen LogP contribution is 2.19. The molecule has 0 aliphatic carbocycles. The van der Waals surface area contributed by atoms with E-state index in [2.05, 4.69) is 25.5 Å². The minimum atomic E-state index is -0.631. The van der Waals surface area contributed by atoms with E-state index in [1.165, 1.54) is 13.5 Å². The predicted molar refractivity (Wildman–Crippen MR) is 96.7 cm³/mol. The molecule has 1 aliphatic heterocycles. The number of non-ortho nitro benzene ring substituents is 1. The summed E-state index contributed by atoms with van der Waals surface area (Å²) in [6.45, 7) is 1.68. The Balaban J connectivity index is 1.78. The van der Waals surface area contributed by atoms with Gasteiger partial charge in [0.25, 0.3) is 11.6 Å². The van der Waals surface area contributed by atoms with Crippen LogP contribution in [-0.4, -0.2) is 46.3 Å². The highest BCUT2D eigenvalue weighted by Gasteiger charge is 2.16. The summed E-state index contributed by atoms with van der Waals surface area (Å²) in [7, 11) is 1.45. The molecule has 1 N–H and O–H groups in total. The fourth-order valence-corrected chi connectivity index (χ4v) is 2.63. The minimum Gasteiger partial charge on any atom is -0.467 e. The number of anilines is 2. The van der Waals surface area contributed by atoms with Gasteiger partial charge >= 0.3 is 6.01 Å². The first-order valence-electron chi connectivity index (χ1n) is 8.35. The summed E-state index contributed by atoms with van der Waals surface area (Å²) in [6.07, 6.45) is 4.41. The monoisotopic (exact) mass is 375 g/mol. The minimum absolute atomic E-state index is 0.0334. The molecular formula is C16H18FN7O3. The van der Waals surface area contributed by atoms with Crippen LogP contribution in [0.25, 0.3) is 0 Å². The first-order chi connectivity index (χ1) is 13.1. The number of nitrogens with zero attached hydrogens (tertiary/aromatic N) is 6. The Morgan fingerprint density at radius 3 is 2.78 bits per heavy atom. The molecule has 0 atom stereocenters. The number of rotatable bonds is 6. The zero-order valence-electron chi connectivity index (χ0n) is 14.6. The van der Waals surface area contributed by atoms with Gasteiger partial charge in [0.2, 0.25) is 5.95 Å². The number of nitro benzene ring substituents is 1. The van der Waals surface area contributed by atoms with E-state index in [0.717, 1.165) is 50.3 Å². The lowest BCUT2D eigenvalue weighted by Crippen LogP contribution is -2.31. The largest absolute Gasteiger partial charge is 0.467 e. The average molecular weight is 375 g/mol. The molecule has 11 heteroatoms. The number of aromatic nitrogens is 3. The molecule has 0 unspecified atom stereocenters. The van der Waals surface area contributed by atoms with Crippen LogP contribution in [0.2, 0.25) is 0 Å². The summed E-state index contributed by atoms with van der Waals surface area (Å²) in [4.78, 5) is 24.8. The molecule has 1 aliphatic rings. The fraction of sp³-hybridized carbons (Fsp3) is 0.375. The molecule has 0 amide bonds. The second-order valence-electron chi connectivity index (χ2n) is 5.83. The first-order valence-corrected chi connectivity index (χ1v) is 8.35. The molecule has 0 bridgehead atoms. The number of hydrogen-bond donors (Lipinski definition) is 1. The molecule has 2 heterocycles. The van der Waals surface area contributed by atoms with E-state index in [1.54, 1.807) is 0 Å². The number of nitro groups is 1. The number of piperidine rings is 1. The Morgan fingerprint density at radius 1 is 1.30 bits per heavy atom. The van der Waals surface area contributed by atoms with Gasteiger partial charge in [0.15, 0.2) is 0 Å². The maximum atomic E-state index is 13.8. The lowest BCUT2D eigenvalue weighted by atomic mass is 10.1. The van der Waals surface area contributed by atoms with Crippen molar-refractivity contribution in [3.8, 4) is 6.01 Å². The Hall–Kier alpha value is -3.37. The van der Waals surface area contributed by atoms with Gasteiger partial charge in [-0.1, -0.05) is 0 Å². The van der Waals surface area contributed by atoms with Gasteiger partial charge in [-0.25, -0.2) is 9.82 Å². The summed E-state index contributed by atoms with van der Waals surface area (Å²) in [6, 6.07) is 3.32.